The number of fused-ring (bicyclic) bond motifs is 1. The van der Waals surface area contributed by atoms with Gasteiger partial charge >= 0.3 is 0 Å². The molecule has 1 heterocycles. The first-order valence-electron chi connectivity index (χ1n) is 7.53. The molecule has 0 saturated heterocycles. The molecule has 126 valence electrons. The number of hydrogen-bond acceptors (Lipinski definition) is 5. The van der Waals surface area contributed by atoms with Crippen molar-refractivity contribution in [2.45, 2.75) is 13.8 Å². The highest BCUT2D eigenvalue weighted by Crippen LogP contribution is 2.22. The molecule has 23 heavy (non-hydrogen) atoms. The van der Waals surface area contributed by atoms with Crippen LogP contribution in [0.3, 0.4) is 0 Å². The molecule has 0 saturated carbocycles. The van der Waals surface area contributed by atoms with Crippen molar-refractivity contribution >= 4 is 17.7 Å². The molecule has 7 nitrogen and oxygen atoms in total. The molecule has 3 amide bonds. The van der Waals surface area contributed by atoms with Gasteiger partial charge in [0.2, 0.25) is 5.91 Å². The van der Waals surface area contributed by atoms with Crippen molar-refractivity contribution in [1.29, 1.82) is 0 Å². The Hall–Kier alpha value is -2.25. The summed E-state index contributed by atoms with van der Waals surface area (Å²) in [6.07, 6.45) is 0. The topological polar surface area (TPSA) is 79.0 Å². The van der Waals surface area contributed by atoms with E-state index in [0.717, 1.165) is 5.06 Å². The zero-order valence-corrected chi connectivity index (χ0v) is 14.0. The quantitative estimate of drug-likeness (QED) is 0.622. The molecule has 0 spiro atoms. The normalized spacial score (nSPS) is 12.8. The number of rotatable bonds is 6. The Morgan fingerprint density at radius 3 is 2.13 bits per heavy atom. The van der Waals surface area contributed by atoms with E-state index in [0.29, 0.717) is 11.1 Å². The maximum atomic E-state index is 12.0. The average Bonchev–Trinajstić information content (AvgIpc) is 2.78. The predicted molar refractivity (Wildman–Crippen MR) is 85.8 cm³/mol. The Morgan fingerprint density at radius 2 is 1.65 bits per heavy atom. The summed E-state index contributed by atoms with van der Waals surface area (Å²) in [6, 6.07) is 6.54. The molecule has 0 aromatic heterocycles. The molecule has 0 radical (unpaired) electrons. The van der Waals surface area contributed by atoms with E-state index < -0.39 is 11.8 Å². The highest BCUT2D eigenvalue weighted by molar-refractivity contribution is 6.20. The van der Waals surface area contributed by atoms with Gasteiger partial charge in [-0.3, -0.25) is 19.2 Å². The van der Waals surface area contributed by atoms with Gasteiger partial charge in [-0.25, -0.2) is 0 Å². The van der Waals surface area contributed by atoms with E-state index in [1.54, 1.807) is 43.3 Å². The number of likely N-dealkylation sites (N-methyl/N-ethyl adjacent to an activating group) is 1. The van der Waals surface area contributed by atoms with Gasteiger partial charge in [-0.15, -0.1) is 5.06 Å². The lowest BCUT2D eigenvalue weighted by atomic mass is 10.1. The molecule has 0 unspecified atom stereocenters. The van der Waals surface area contributed by atoms with Gasteiger partial charge in [-0.1, -0.05) is 26.0 Å². The highest BCUT2D eigenvalue weighted by Gasteiger charge is 2.36. The van der Waals surface area contributed by atoms with E-state index >= 15 is 0 Å². The first-order valence-corrected chi connectivity index (χ1v) is 7.53. The number of hydrogen-bond donors (Lipinski definition) is 1. The van der Waals surface area contributed by atoms with Gasteiger partial charge in [0.05, 0.1) is 24.3 Å². The van der Waals surface area contributed by atoms with Crippen LogP contribution < -0.4 is 5.32 Å². The van der Waals surface area contributed by atoms with Crippen LogP contribution in [-0.2, 0) is 9.63 Å². The minimum absolute atomic E-state index is 0.0463. The third kappa shape index (κ3) is 4.87. The number of carbonyl (C=O) groups excluding carboxylic acids is 3. The lowest BCUT2D eigenvalue weighted by molar-refractivity contribution is -0.123. The van der Waals surface area contributed by atoms with E-state index in [2.05, 4.69) is 5.32 Å². The Bertz CT molecular complexity index is 537. The zero-order valence-electron chi connectivity index (χ0n) is 14.0. The van der Waals surface area contributed by atoms with Crippen LogP contribution >= 0.6 is 0 Å². The lowest BCUT2D eigenvalue weighted by Crippen LogP contribution is -2.37. The number of carbonyl (C=O) groups is 3. The van der Waals surface area contributed by atoms with E-state index in [1.807, 2.05) is 13.8 Å². The van der Waals surface area contributed by atoms with Crippen molar-refractivity contribution in [2.24, 2.45) is 0 Å². The first-order chi connectivity index (χ1) is 11.0. The minimum Gasteiger partial charge on any atom is -0.353 e. The summed E-state index contributed by atoms with van der Waals surface area (Å²) in [4.78, 5) is 42.2. The Kier molecular flexibility index (Phi) is 7.37. The van der Waals surface area contributed by atoms with Crippen molar-refractivity contribution in [3.63, 3.8) is 0 Å². The van der Waals surface area contributed by atoms with Crippen LogP contribution in [0.15, 0.2) is 24.3 Å². The Balaban J connectivity index is 0.00000127. The Labute approximate surface area is 136 Å². The number of nitrogens with zero attached hydrogens (tertiary/aromatic N) is 2. The summed E-state index contributed by atoms with van der Waals surface area (Å²) in [5, 5.41) is 3.37. The maximum Gasteiger partial charge on any atom is 0.285 e. The monoisotopic (exact) mass is 321 g/mol. The molecular weight excluding hydrogens is 298 g/mol. The summed E-state index contributed by atoms with van der Waals surface area (Å²) >= 11 is 0. The Morgan fingerprint density at radius 1 is 1.13 bits per heavy atom. The summed E-state index contributed by atoms with van der Waals surface area (Å²) in [6.45, 7) is 4.54. The fraction of sp³-hybridized carbons (Fsp3) is 0.438. The summed E-state index contributed by atoms with van der Waals surface area (Å²) in [5.74, 6) is -1.10. The SMILES string of the molecule is CC.CN(C)CC(=O)NCCON1C(=O)c2ccccc2C1=O. The van der Waals surface area contributed by atoms with E-state index in [9.17, 15) is 14.4 Å². The first kappa shape index (κ1) is 18.8. The van der Waals surface area contributed by atoms with Crippen molar-refractivity contribution in [3.05, 3.63) is 35.4 Å². The lowest BCUT2D eigenvalue weighted by Gasteiger charge is -2.14. The molecule has 0 fully saturated rings. The van der Waals surface area contributed by atoms with Crippen LogP contribution in [0.5, 0.6) is 0 Å². The standard InChI is InChI=1S/C14H17N3O4.C2H6/c1-16(2)9-12(18)15-7-8-21-17-13(19)10-5-3-4-6-11(10)14(17)20;1-2/h3-6H,7-9H2,1-2H3,(H,15,18);1-2H3. The summed E-state index contributed by atoms with van der Waals surface area (Å²) in [7, 11) is 3.57. The molecular formula is C16H23N3O4. The minimum atomic E-state index is -0.477. The molecule has 0 aliphatic carbocycles. The maximum absolute atomic E-state index is 12.0. The summed E-state index contributed by atoms with van der Waals surface area (Å²) in [5.41, 5.74) is 0.665. The second-order valence-electron chi connectivity index (χ2n) is 4.87. The van der Waals surface area contributed by atoms with Crippen LogP contribution in [0.25, 0.3) is 0 Å². The van der Waals surface area contributed by atoms with Crippen LogP contribution in [0.2, 0.25) is 0 Å². The molecule has 0 atom stereocenters. The second-order valence-corrected chi connectivity index (χ2v) is 4.87. The van der Waals surface area contributed by atoms with Gasteiger partial charge in [-0.05, 0) is 26.2 Å². The fourth-order valence-corrected chi connectivity index (χ4v) is 1.95. The van der Waals surface area contributed by atoms with Gasteiger partial charge in [0.25, 0.3) is 11.8 Å². The number of hydroxylamine groups is 2. The smallest absolute Gasteiger partial charge is 0.285 e. The predicted octanol–water partition coefficient (Wildman–Crippen LogP) is 0.918. The molecule has 0 bridgehead atoms. The number of amides is 3. The number of benzene rings is 1. The molecule has 1 aromatic carbocycles. The third-order valence-electron chi connectivity index (χ3n) is 2.86. The highest BCUT2D eigenvalue weighted by atomic mass is 16.7. The van der Waals surface area contributed by atoms with Crippen molar-refractivity contribution in [1.82, 2.24) is 15.3 Å². The van der Waals surface area contributed by atoms with Crippen LogP contribution in [0.1, 0.15) is 34.6 Å². The zero-order chi connectivity index (χ0) is 17.4. The third-order valence-corrected chi connectivity index (χ3v) is 2.86. The van der Waals surface area contributed by atoms with Crippen molar-refractivity contribution in [2.75, 3.05) is 33.8 Å². The van der Waals surface area contributed by atoms with Gasteiger partial charge < -0.3 is 10.2 Å². The number of nitrogens with one attached hydrogen (secondary N) is 1. The van der Waals surface area contributed by atoms with Crippen LogP contribution in [0.4, 0.5) is 0 Å². The molecule has 2 rings (SSSR count). The van der Waals surface area contributed by atoms with E-state index in [-0.39, 0.29) is 25.6 Å². The molecule has 1 aromatic rings. The number of imide groups is 1. The van der Waals surface area contributed by atoms with Gasteiger partial charge in [0, 0.05) is 6.54 Å². The molecule has 1 aliphatic heterocycles. The van der Waals surface area contributed by atoms with E-state index in [1.165, 1.54) is 0 Å². The fourth-order valence-electron chi connectivity index (χ4n) is 1.95. The van der Waals surface area contributed by atoms with Gasteiger partial charge in [0.15, 0.2) is 0 Å². The molecule has 7 heteroatoms. The van der Waals surface area contributed by atoms with Crippen LogP contribution in [0, 0.1) is 0 Å². The van der Waals surface area contributed by atoms with E-state index in [4.69, 9.17) is 4.84 Å². The van der Waals surface area contributed by atoms with Crippen molar-refractivity contribution in [3.8, 4) is 0 Å². The van der Waals surface area contributed by atoms with Crippen molar-refractivity contribution < 1.29 is 19.2 Å². The van der Waals surface area contributed by atoms with Crippen LogP contribution in [-0.4, -0.2) is 61.5 Å². The molecule has 1 aliphatic rings. The second kappa shape index (κ2) is 9.02. The van der Waals surface area contributed by atoms with Gasteiger partial charge in [-0.2, -0.15) is 0 Å². The molecule has 1 N–H and O–H groups in total. The largest absolute Gasteiger partial charge is 0.353 e. The summed E-state index contributed by atoms with van der Waals surface area (Å²) < 4.78 is 0. The van der Waals surface area contributed by atoms with Gasteiger partial charge in [0.1, 0.15) is 0 Å². The average molecular weight is 321 g/mol.